The van der Waals surface area contributed by atoms with Gasteiger partial charge in [-0.15, -0.1) is 0 Å². The molecule has 4 heterocycles. The molecule has 0 aromatic heterocycles. The van der Waals surface area contributed by atoms with E-state index in [2.05, 4.69) is 18.9 Å². The highest BCUT2D eigenvalue weighted by atomic mass is 35.5. The second-order valence-electron chi connectivity index (χ2n) is 39.6. The summed E-state index contributed by atoms with van der Waals surface area (Å²) in [6.45, 7) is -0.728. The lowest BCUT2D eigenvalue weighted by molar-refractivity contribution is 0.103. The summed E-state index contributed by atoms with van der Waals surface area (Å²) in [5.41, 5.74) is -1.46. The van der Waals surface area contributed by atoms with E-state index in [9.17, 15) is 84.9 Å². The number of ether oxygens (including phenoxy) is 4. The first kappa shape index (κ1) is 108. The maximum atomic E-state index is 15.6. The number of sulfonamides is 4. The molecule has 20 rings (SSSR count). The Morgan fingerprint density at radius 1 is 0.266 bits per heavy atom. The summed E-state index contributed by atoms with van der Waals surface area (Å²) >= 11 is 35.8. The van der Waals surface area contributed by atoms with Crippen LogP contribution < -0.4 is 37.8 Å². The molecule has 0 spiro atoms. The Balaban J connectivity index is 0.000000131. The van der Waals surface area contributed by atoms with Crippen LogP contribution in [0.5, 0.6) is 23.0 Å². The molecule has 46 heteroatoms. The molecule has 4 N–H and O–H groups in total. The molecule has 0 bridgehead atoms. The smallest absolute Gasteiger partial charge is 0.212 e. The van der Waals surface area contributed by atoms with E-state index in [0.29, 0.717) is 20.1 Å². The molecule has 0 saturated heterocycles. The molecule has 12 aliphatic rings. The molecular formula is C97H104Cl6F8N4O20S8. The van der Waals surface area contributed by atoms with Crippen LogP contribution >= 0.6 is 69.6 Å². The standard InChI is InChI=1S/C26H30ClF2NO5S2.C24H25Cl2F2NO5S2.C24H26ClF2NO5S2.C23H23Cl2F2NO5S2/c27-19-6-8-21(9-7-19)37(33,34)26-13-12-17(16-36(31,32)30-20-4-2-1-3-5-20)14-18(26)15-35-25-23(29)11-10-22(28)24(25)26;25-16-4-6-18(7-5-16)36(32,33)24-9-8-14(13-35(30,31)29-17-2-1-3-17)10-15(24)12-34-23-20(27)11-19(26)22(28)21(23)24;25-17-4-6-19(7-5-17)35(31,32)24-11-10-15(14-34(29,30)28-18-2-1-3-18)12-16(24)13-33-23-21(27)9-8-20(26)22(23)24;24-15-1-5-17(6-2-15)35(31,32)23-8-7-13(12-34(29,30)28-16-3-4-16)9-14(23)11-33-22-19(26)10-18(25)21(27)20(22)23/h6-11,17-18,20,30H,1-5,12-16H2;4-7,11,14-15,17,29H,1-3,8-10,12-13H2;4-9,15-16,18,28H,1-3,10-14H2;1-2,5-6,10,13-14,16,28H,3-4,7-9,11-12H2/t17-,18-,26+;14-,15-,24+;15-,16-,24+;13-,14-,23+/m1111/s1. The zero-order valence-corrected chi connectivity index (χ0v) is 87.8. The van der Waals surface area contributed by atoms with E-state index in [-0.39, 0.29) is 211 Å². The lowest BCUT2D eigenvalue weighted by Crippen LogP contribution is -2.53. The van der Waals surface area contributed by atoms with Crippen molar-refractivity contribution in [3.8, 4) is 23.0 Å². The van der Waals surface area contributed by atoms with Crippen molar-refractivity contribution in [1.29, 1.82) is 0 Å². The Labute approximate surface area is 857 Å². The van der Waals surface area contributed by atoms with Crippen LogP contribution in [-0.4, -0.2) is 141 Å². The maximum Gasteiger partial charge on any atom is 0.212 e. The molecule has 12 atom stereocenters. The van der Waals surface area contributed by atoms with Gasteiger partial charge in [0, 0.05) is 67.9 Å². The highest BCUT2D eigenvalue weighted by Gasteiger charge is 2.66. The minimum Gasteiger partial charge on any atom is -0.490 e. The van der Waals surface area contributed by atoms with E-state index >= 15 is 17.6 Å². The normalized spacial score (nSPS) is 26.6. The Morgan fingerprint density at radius 2 is 0.490 bits per heavy atom. The number of nitrogens with one attached hydrogen (secondary N) is 4. The zero-order valence-electron chi connectivity index (χ0n) is 76.7. The van der Waals surface area contributed by atoms with Gasteiger partial charge in [-0.05, 0) is 286 Å². The topological polar surface area (TPSA) is 358 Å². The van der Waals surface area contributed by atoms with E-state index < -0.39 is 207 Å². The third-order valence-corrected chi connectivity index (χ3v) is 48.9. The first-order valence-corrected chi connectivity index (χ1v) is 62.1. The molecular weight excluding hydrogens is 2160 g/mol. The molecule has 0 radical (unpaired) electrons. The Bertz CT molecular complexity index is 7210. The van der Waals surface area contributed by atoms with Crippen molar-refractivity contribution in [3.63, 3.8) is 0 Å². The van der Waals surface area contributed by atoms with Gasteiger partial charge in [0.05, 0.1) is 101 Å². The van der Waals surface area contributed by atoms with E-state index in [0.717, 1.165) is 120 Å². The Morgan fingerprint density at radius 3 is 0.727 bits per heavy atom. The van der Waals surface area contributed by atoms with Crippen LogP contribution in [0.2, 0.25) is 30.1 Å². The second-order valence-corrected chi connectivity index (χ2v) is 58.2. The Hall–Kier alpha value is -6.42. The number of benzene rings is 8. The van der Waals surface area contributed by atoms with Crippen molar-refractivity contribution in [2.24, 2.45) is 47.3 Å². The average molecular weight is 2270 g/mol. The van der Waals surface area contributed by atoms with Gasteiger partial charge in [-0.2, -0.15) is 0 Å². The SMILES string of the molecule is O=S(=O)(C[C@@H]1CC[C@@]2(S(=O)(=O)c3ccc(Cl)cc3)c3c(F)c(Cl)cc(F)c3OC[C@H]2C1)NC1CC1.O=S(=O)(C[C@@H]1CC[C@@]2(S(=O)(=O)c3ccc(Cl)cc3)c3c(F)c(Cl)cc(F)c3OC[C@H]2C1)NC1CCC1.O=S(=O)(C[C@@H]1CC[C@@]2(S(=O)(=O)c3ccc(Cl)cc3)c3c(F)ccc(F)c3OC[C@H]2C1)NC1CCC1.O=S(=O)(C[C@@H]1CC[C@@]2(S(=O)(=O)c3ccc(Cl)cc3)c3c(F)ccc(F)c3OC[C@H]2C1)NC1CCCCC1. The van der Waals surface area contributed by atoms with Crippen LogP contribution in [0.4, 0.5) is 35.1 Å². The molecule has 8 aromatic rings. The number of sulfone groups is 4. The van der Waals surface area contributed by atoms with Crippen molar-refractivity contribution in [2.75, 3.05) is 49.4 Å². The van der Waals surface area contributed by atoms with Crippen LogP contribution in [0, 0.1) is 93.9 Å². The number of rotatable bonds is 24. The molecule has 143 heavy (non-hydrogen) atoms. The van der Waals surface area contributed by atoms with Gasteiger partial charge < -0.3 is 18.9 Å². The monoisotopic (exact) mass is 2260 g/mol. The van der Waals surface area contributed by atoms with Crippen molar-refractivity contribution in [1.82, 2.24) is 18.9 Å². The summed E-state index contributed by atoms with van der Waals surface area (Å²) in [6.07, 6.45) is 12.6. The fourth-order valence-electron chi connectivity index (χ4n) is 23.3. The molecule has 8 aromatic carbocycles. The van der Waals surface area contributed by atoms with Gasteiger partial charge in [0.25, 0.3) is 0 Å². The highest BCUT2D eigenvalue weighted by Crippen LogP contribution is 2.64. The lowest BCUT2D eigenvalue weighted by Gasteiger charge is -2.49. The fraction of sp³-hybridized carbons (Fsp3) is 0.505. The molecule has 8 fully saturated rings. The van der Waals surface area contributed by atoms with Crippen LogP contribution in [0.3, 0.4) is 0 Å². The quantitative estimate of drug-likeness (QED) is 0.0322. The van der Waals surface area contributed by atoms with E-state index in [4.69, 9.17) is 88.6 Å². The average Bonchev–Trinajstić information content (AvgIpc) is 1.02. The minimum absolute atomic E-state index is 0.0444. The highest BCUT2D eigenvalue weighted by molar-refractivity contribution is 7.94. The maximum absolute atomic E-state index is 15.6. The van der Waals surface area contributed by atoms with Crippen molar-refractivity contribution in [2.45, 2.75) is 223 Å². The predicted molar refractivity (Wildman–Crippen MR) is 525 cm³/mol. The van der Waals surface area contributed by atoms with Gasteiger partial charge in [-0.3, -0.25) is 0 Å². The van der Waals surface area contributed by atoms with Gasteiger partial charge in [0.2, 0.25) is 40.1 Å². The number of hydrogen-bond donors (Lipinski definition) is 4. The van der Waals surface area contributed by atoms with Gasteiger partial charge >= 0.3 is 0 Å². The second kappa shape index (κ2) is 41.7. The van der Waals surface area contributed by atoms with E-state index in [1.165, 1.54) is 97.1 Å². The van der Waals surface area contributed by atoms with Crippen molar-refractivity contribution < 1.29 is 121 Å². The van der Waals surface area contributed by atoms with Crippen molar-refractivity contribution in [3.05, 3.63) is 232 Å². The predicted octanol–water partition coefficient (Wildman–Crippen LogP) is 20.0. The summed E-state index contributed by atoms with van der Waals surface area (Å²) in [5, 5.41) is 0.240. The van der Waals surface area contributed by atoms with Crippen LogP contribution in [0.15, 0.2) is 153 Å². The molecule has 0 amide bonds. The summed E-state index contributed by atoms with van der Waals surface area (Å²) in [5.74, 6) is -14.3. The molecule has 4 aliphatic heterocycles. The first-order chi connectivity index (χ1) is 67.5. The summed E-state index contributed by atoms with van der Waals surface area (Å²) in [4.78, 5) is -0.298. The lowest BCUT2D eigenvalue weighted by atomic mass is 9.69. The van der Waals surface area contributed by atoms with Crippen LogP contribution in [-0.2, 0) is 98.4 Å². The molecule has 24 nitrogen and oxygen atoms in total. The van der Waals surface area contributed by atoms with Crippen LogP contribution in [0.1, 0.15) is 183 Å². The zero-order chi connectivity index (χ0) is 102. The summed E-state index contributed by atoms with van der Waals surface area (Å²) in [7, 11) is -31.4. The van der Waals surface area contributed by atoms with Crippen molar-refractivity contribution >= 4 is 149 Å². The largest absolute Gasteiger partial charge is 0.490 e. The third-order valence-electron chi connectivity index (χ3n) is 30.6. The van der Waals surface area contributed by atoms with Gasteiger partial charge in [-0.25, -0.2) is 121 Å². The molecule has 8 saturated carbocycles. The number of fused-ring (bicyclic) bond motifs is 12. The van der Waals surface area contributed by atoms with Gasteiger partial charge in [0.1, 0.15) is 30.6 Å². The summed E-state index contributed by atoms with van der Waals surface area (Å²) in [6, 6.07) is 27.1. The molecule has 8 aliphatic carbocycles. The summed E-state index contributed by atoms with van der Waals surface area (Å²) < 4.78 is 362. The van der Waals surface area contributed by atoms with E-state index in [1.807, 2.05) is 0 Å². The van der Waals surface area contributed by atoms with Gasteiger partial charge in [-0.1, -0.05) is 102 Å². The number of halogens is 14. The van der Waals surface area contributed by atoms with Gasteiger partial charge in [0.15, 0.2) is 97.3 Å². The Kier molecular flexibility index (Phi) is 31.5. The minimum atomic E-state index is -4.32. The first-order valence-electron chi connectivity index (χ1n) is 47.3. The van der Waals surface area contributed by atoms with E-state index in [1.54, 1.807) is 0 Å². The molecule has 778 valence electrons. The number of hydrogen-bond acceptors (Lipinski definition) is 20. The van der Waals surface area contributed by atoms with Crippen LogP contribution in [0.25, 0.3) is 0 Å². The fourth-order valence-corrected chi connectivity index (χ4v) is 40.7. The third kappa shape index (κ3) is 21.1. The molecule has 0 unspecified atom stereocenters.